The molecule has 0 saturated heterocycles. The standard InChI is InChI=1S/C24H23N7O.C18H19N3O.C6H5ClN4/c1-13-9-6-7-12-18(13)31-22(29-17-11-8-10-14(2)19(17)23(31)32)16(4)27-21-20(26-5)15(3)28-24(25)30-21;1-11-7-4-5-10-15(11)21-17(13(3)19)20-14-9-6-8-12(2)16(14)18(21)22;1-3-4(9-2)5(7)11-6(8)10-3/h6-12,16H,1-4H3,(H3,25,27,28,30);4-10,13H,19H2,1-3H3;1H3,(H2,8,10,11)/t16-;13-;/m00./s1. The Labute approximate surface area is 380 Å². The quantitative estimate of drug-likeness (QED) is 0.0908. The van der Waals surface area contributed by atoms with E-state index in [2.05, 4.69) is 39.9 Å². The first-order valence-electron chi connectivity index (χ1n) is 20.3. The van der Waals surface area contributed by atoms with E-state index in [-0.39, 0.29) is 45.6 Å². The zero-order chi connectivity index (χ0) is 47.3. The van der Waals surface area contributed by atoms with Crippen LogP contribution in [0.15, 0.2) is 94.5 Å². The average molecular weight is 887 g/mol. The van der Waals surface area contributed by atoms with Gasteiger partial charge in [0.15, 0.2) is 0 Å². The molecule has 0 aliphatic heterocycles. The molecule has 8 rings (SSSR count). The van der Waals surface area contributed by atoms with Crippen molar-refractivity contribution in [1.29, 1.82) is 0 Å². The summed E-state index contributed by atoms with van der Waals surface area (Å²) in [6, 6.07) is 26.0. The molecule has 16 nitrogen and oxygen atoms in total. The zero-order valence-electron chi connectivity index (χ0n) is 37.1. The molecule has 0 aliphatic carbocycles. The molecular weight excluding hydrogens is 840 g/mol. The van der Waals surface area contributed by atoms with Crippen LogP contribution in [0.25, 0.3) is 42.9 Å². The summed E-state index contributed by atoms with van der Waals surface area (Å²) >= 11 is 5.59. The number of aryl methyl sites for hydroxylation is 6. The van der Waals surface area contributed by atoms with Crippen LogP contribution in [0, 0.1) is 54.7 Å². The second-order valence-corrected chi connectivity index (χ2v) is 15.6. The number of rotatable bonds is 6. The summed E-state index contributed by atoms with van der Waals surface area (Å²) in [7, 11) is 0. The van der Waals surface area contributed by atoms with Crippen LogP contribution < -0.4 is 33.6 Å². The summed E-state index contributed by atoms with van der Waals surface area (Å²) in [6.07, 6.45) is 0. The van der Waals surface area contributed by atoms with Gasteiger partial charge in [0.25, 0.3) is 11.1 Å². The maximum absolute atomic E-state index is 13.7. The Hall–Kier alpha value is -8.05. The van der Waals surface area contributed by atoms with Crippen molar-refractivity contribution in [2.45, 2.75) is 67.5 Å². The number of anilines is 3. The summed E-state index contributed by atoms with van der Waals surface area (Å²) in [5.74, 6) is 1.57. The molecule has 4 aromatic heterocycles. The van der Waals surface area contributed by atoms with Gasteiger partial charge < -0.3 is 22.5 Å². The third-order valence-corrected chi connectivity index (χ3v) is 10.7. The van der Waals surface area contributed by atoms with Crippen molar-refractivity contribution in [2.24, 2.45) is 5.73 Å². The highest BCUT2D eigenvalue weighted by Crippen LogP contribution is 2.31. The van der Waals surface area contributed by atoms with Gasteiger partial charge in [-0.05, 0) is 102 Å². The second-order valence-electron chi connectivity index (χ2n) is 15.3. The highest BCUT2D eigenvalue weighted by molar-refractivity contribution is 6.32. The predicted molar refractivity (Wildman–Crippen MR) is 258 cm³/mol. The number of nitrogens with zero attached hydrogens (tertiary/aromatic N) is 10. The molecule has 0 bridgehead atoms. The van der Waals surface area contributed by atoms with Gasteiger partial charge in [-0.2, -0.15) is 0 Å². The minimum Gasteiger partial charge on any atom is -0.369 e. The van der Waals surface area contributed by atoms with Crippen molar-refractivity contribution in [3.05, 3.63) is 179 Å². The molecule has 4 aromatic carbocycles. The van der Waals surface area contributed by atoms with Crippen molar-refractivity contribution in [2.75, 3.05) is 16.8 Å². The largest absolute Gasteiger partial charge is 0.369 e. The van der Waals surface area contributed by atoms with Gasteiger partial charge in [0.2, 0.25) is 23.3 Å². The van der Waals surface area contributed by atoms with Gasteiger partial charge in [-0.15, -0.1) is 0 Å². The fourth-order valence-corrected chi connectivity index (χ4v) is 7.55. The van der Waals surface area contributed by atoms with Crippen LogP contribution in [-0.2, 0) is 0 Å². The number of halogens is 1. The van der Waals surface area contributed by atoms with Gasteiger partial charge in [0.1, 0.15) is 22.6 Å². The second kappa shape index (κ2) is 19.6. The molecule has 8 aromatic rings. The fraction of sp³-hybridized carbons (Fsp3) is 0.208. The smallest absolute Gasteiger partial charge is 0.266 e. The first-order chi connectivity index (χ1) is 31.0. The van der Waals surface area contributed by atoms with Crippen LogP contribution >= 0.6 is 11.6 Å². The number of fused-ring (bicyclic) bond motifs is 2. The minimum absolute atomic E-state index is 0.0651. The topological polar surface area (TPSA) is 220 Å². The summed E-state index contributed by atoms with van der Waals surface area (Å²) in [4.78, 5) is 58.7. The van der Waals surface area contributed by atoms with Crippen LogP contribution in [0.5, 0.6) is 0 Å². The highest BCUT2D eigenvalue weighted by atomic mass is 35.5. The summed E-state index contributed by atoms with van der Waals surface area (Å²) in [5, 5.41) is 4.57. The Bertz CT molecular complexity index is 3310. The maximum atomic E-state index is 13.7. The molecule has 0 unspecified atom stereocenters. The van der Waals surface area contributed by atoms with Gasteiger partial charge in [-0.1, -0.05) is 72.3 Å². The molecule has 0 aliphatic rings. The molecule has 7 N–H and O–H groups in total. The zero-order valence-corrected chi connectivity index (χ0v) is 37.9. The number of nitrogens with one attached hydrogen (secondary N) is 1. The molecule has 2 atom stereocenters. The van der Waals surface area contributed by atoms with E-state index in [0.29, 0.717) is 50.7 Å². The Morgan fingerprint density at radius 3 is 1.48 bits per heavy atom. The molecule has 4 heterocycles. The van der Waals surface area contributed by atoms with Gasteiger partial charge >= 0.3 is 0 Å². The van der Waals surface area contributed by atoms with Crippen LogP contribution in [0.4, 0.5) is 29.1 Å². The Kier molecular flexibility index (Phi) is 14.0. The maximum Gasteiger partial charge on any atom is 0.266 e. The van der Waals surface area contributed by atoms with Gasteiger partial charge in [0.05, 0.1) is 69.8 Å². The molecule has 0 saturated carbocycles. The van der Waals surface area contributed by atoms with Crippen molar-refractivity contribution in [3.63, 3.8) is 0 Å². The number of nitrogens with two attached hydrogens (primary N) is 3. The van der Waals surface area contributed by atoms with Crippen molar-refractivity contribution >= 4 is 62.5 Å². The van der Waals surface area contributed by atoms with Gasteiger partial charge in [0, 0.05) is 0 Å². The number of hydrogen-bond acceptors (Lipinski definition) is 12. The van der Waals surface area contributed by atoms with E-state index in [9.17, 15) is 9.59 Å². The first-order valence-corrected chi connectivity index (χ1v) is 20.7. The van der Waals surface area contributed by atoms with E-state index < -0.39 is 6.04 Å². The number of hydrogen-bond donors (Lipinski definition) is 4. The average Bonchev–Trinajstić information content (AvgIpc) is 3.24. The number of para-hydroxylation sites is 2. The molecular formula is C48H47ClN14O2. The fourth-order valence-electron chi connectivity index (χ4n) is 7.29. The minimum atomic E-state index is -0.457. The molecule has 328 valence electrons. The Balaban J connectivity index is 0.000000182. The van der Waals surface area contributed by atoms with Crippen molar-refractivity contribution in [1.82, 2.24) is 39.0 Å². The molecule has 0 spiro atoms. The van der Waals surface area contributed by atoms with Gasteiger partial charge in [-0.3, -0.25) is 18.7 Å². The van der Waals surface area contributed by atoms with Crippen LogP contribution in [-0.4, -0.2) is 39.0 Å². The molecule has 0 fully saturated rings. The molecule has 0 radical (unpaired) electrons. The monoisotopic (exact) mass is 886 g/mol. The lowest BCUT2D eigenvalue weighted by molar-refractivity contribution is 0.694. The van der Waals surface area contributed by atoms with Crippen LogP contribution in [0.3, 0.4) is 0 Å². The third kappa shape index (κ3) is 9.64. The van der Waals surface area contributed by atoms with Crippen molar-refractivity contribution in [3.8, 4) is 11.4 Å². The Morgan fingerprint density at radius 2 is 1.02 bits per heavy atom. The van der Waals surface area contributed by atoms with E-state index >= 15 is 0 Å². The molecule has 0 amide bonds. The lowest BCUT2D eigenvalue weighted by atomic mass is 10.1. The van der Waals surface area contributed by atoms with E-state index in [0.717, 1.165) is 33.6 Å². The molecule has 65 heavy (non-hydrogen) atoms. The number of nitrogen functional groups attached to an aromatic ring is 2. The normalized spacial score (nSPS) is 11.6. The first kappa shape index (κ1) is 46.5. The molecule has 17 heteroatoms. The highest BCUT2D eigenvalue weighted by Gasteiger charge is 2.22. The summed E-state index contributed by atoms with van der Waals surface area (Å²) in [6.45, 7) is 29.1. The third-order valence-electron chi connectivity index (χ3n) is 10.5. The lowest BCUT2D eigenvalue weighted by Crippen LogP contribution is -2.28. The van der Waals surface area contributed by atoms with Gasteiger partial charge in [-0.25, -0.2) is 39.6 Å². The van der Waals surface area contributed by atoms with E-state index in [1.54, 1.807) is 23.0 Å². The Morgan fingerprint density at radius 1 is 0.585 bits per heavy atom. The predicted octanol–water partition coefficient (Wildman–Crippen LogP) is 9.00. The summed E-state index contributed by atoms with van der Waals surface area (Å²) < 4.78 is 3.28. The van der Waals surface area contributed by atoms with Crippen LogP contribution in [0.2, 0.25) is 5.15 Å². The summed E-state index contributed by atoms with van der Waals surface area (Å²) in [5.41, 5.74) is 25.2. The number of benzene rings is 4. The SMILES string of the molecule is Cc1ccccc1-n1c([C@H](C)N)nc2cccc(C)c2c1=O.[C-]#[N+]c1c(C)nc(N)nc1Cl.[C-]#[N+]c1c(C)nc(N)nc1N[C@@H](C)c1nc2cccc(C)c2c(=O)n1-c1ccccc1C. The number of aromatic nitrogens is 8. The van der Waals surface area contributed by atoms with E-state index in [4.69, 9.17) is 46.9 Å². The van der Waals surface area contributed by atoms with Crippen molar-refractivity contribution < 1.29 is 0 Å². The van der Waals surface area contributed by atoms with Crippen LogP contribution in [0.1, 0.15) is 71.2 Å². The van der Waals surface area contributed by atoms with E-state index in [1.165, 1.54) is 0 Å². The van der Waals surface area contributed by atoms with E-state index in [1.807, 2.05) is 126 Å². The lowest BCUT2D eigenvalue weighted by Gasteiger charge is -2.22.